The minimum absolute atomic E-state index is 0. The smallest absolute Gasteiger partial charge is 0.407 e. The van der Waals surface area contributed by atoms with Gasteiger partial charge in [-0.2, -0.15) is 0 Å². The van der Waals surface area contributed by atoms with Crippen molar-refractivity contribution in [1.82, 2.24) is 10.0 Å². The fraction of sp³-hybridized carbons (Fsp3) is 0.372. The number of fused-ring (bicyclic) bond motifs is 4. The standard InChI is InChI=1S/C42H48N4O8S.CH4/c1-25-26(2)38(27(3)34-22-42(4,5)54-37(25)34)55(49,50)46-40(43)44-21-11-16-36(39(47)52-23-28-17-19-29(51-6)20-18-28)45-41(48)53-24-35-32-14-9-7-12-30(32)31-13-8-10-15-33(31)35;/h7-10,12-15,17-20,35-36H,11,16,21-24H2,1-6H3,(H,45,48)(H3,43,44,46);1H4/t36-;/m1./s1. The Bertz CT molecular complexity index is 2190. The van der Waals surface area contributed by atoms with Crippen molar-refractivity contribution in [2.24, 2.45) is 10.7 Å². The molecule has 1 aliphatic heterocycles. The highest BCUT2D eigenvalue weighted by atomic mass is 32.2. The summed E-state index contributed by atoms with van der Waals surface area (Å²) in [5.41, 5.74) is 13.5. The zero-order valence-electron chi connectivity index (χ0n) is 32.0. The number of hydrogen-bond donors (Lipinski definition) is 3. The molecule has 1 atom stereocenters. The fourth-order valence-corrected chi connectivity index (χ4v) is 8.90. The summed E-state index contributed by atoms with van der Waals surface area (Å²) in [5, 5.41) is 2.68. The largest absolute Gasteiger partial charge is 0.497 e. The zero-order valence-corrected chi connectivity index (χ0v) is 32.8. The number of nitrogens with two attached hydrogens (primary N) is 1. The van der Waals surface area contributed by atoms with Gasteiger partial charge >= 0.3 is 12.1 Å². The second-order valence-corrected chi connectivity index (χ2v) is 16.2. The third kappa shape index (κ3) is 8.94. The van der Waals surface area contributed by atoms with Crippen molar-refractivity contribution >= 4 is 28.0 Å². The Balaban J connectivity index is 0.00000600. The van der Waals surface area contributed by atoms with E-state index in [4.69, 9.17) is 24.7 Å². The van der Waals surface area contributed by atoms with Gasteiger partial charge in [-0.15, -0.1) is 0 Å². The number of hydrogen-bond acceptors (Lipinski definition) is 9. The molecule has 4 N–H and O–H groups in total. The van der Waals surface area contributed by atoms with E-state index >= 15 is 0 Å². The topological polar surface area (TPSA) is 168 Å². The highest BCUT2D eigenvalue weighted by molar-refractivity contribution is 7.90. The molecule has 1 aliphatic carbocycles. The van der Waals surface area contributed by atoms with Crippen molar-refractivity contribution in [3.8, 4) is 22.6 Å². The van der Waals surface area contributed by atoms with Gasteiger partial charge in [-0.25, -0.2) is 22.7 Å². The van der Waals surface area contributed by atoms with Gasteiger partial charge in [-0.3, -0.25) is 4.99 Å². The molecule has 0 aromatic heterocycles. The molecule has 0 spiro atoms. The highest BCUT2D eigenvalue weighted by Crippen LogP contribution is 2.45. The molecule has 0 radical (unpaired) electrons. The van der Waals surface area contributed by atoms with E-state index in [0.717, 1.165) is 44.7 Å². The van der Waals surface area contributed by atoms with Crippen LogP contribution in [-0.2, 0) is 37.3 Å². The predicted octanol–water partition coefficient (Wildman–Crippen LogP) is 6.99. The Morgan fingerprint density at radius 1 is 0.929 bits per heavy atom. The number of aliphatic imine (C=N–C) groups is 1. The predicted molar refractivity (Wildman–Crippen MR) is 217 cm³/mol. The van der Waals surface area contributed by atoms with Gasteiger partial charge in [0, 0.05) is 24.4 Å². The van der Waals surface area contributed by atoms with E-state index in [0.29, 0.717) is 23.3 Å². The maximum absolute atomic E-state index is 13.6. The van der Waals surface area contributed by atoms with E-state index in [1.54, 1.807) is 45.2 Å². The minimum Gasteiger partial charge on any atom is -0.497 e. The van der Waals surface area contributed by atoms with E-state index in [2.05, 4.69) is 27.2 Å². The Kier molecular flexibility index (Phi) is 12.7. The molecule has 13 heteroatoms. The van der Waals surface area contributed by atoms with Crippen molar-refractivity contribution in [2.45, 2.75) is 90.4 Å². The molecule has 12 nitrogen and oxygen atoms in total. The van der Waals surface area contributed by atoms with Crippen LogP contribution in [0.3, 0.4) is 0 Å². The van der Waals surface area contributed by atoms with Crippen LogP contribution >= 0.6 is 0 Å². The molecule has 56 heavy (non-hydrogen) atoms. The van der Waals surface area contributed by atoms with Gasteiger partial charge < -0.3 is 30.0 Å². The monoisotopic (exact) mass is 784 g/mol. The summed E-state index contributed by atoms with van der Waals surface area (Å²) in [4.78, 5) is 31.0. The molecule has 6 rings (SSSR count). The second kappa shape index (κ2) is 17.1. The van der Waals surface area contributed by atoms with Crippen molar-refractivity contribution < 1.29 is 37.0 Å². The minimum atomic E-state index is -4.09. The first-order chi connectivity index (χ1) is 26.2. The normalized spacial score (nSPS) is 14.6. The van der Waals surface area contributed by atoms with Crippen LogP contribution in [0.4, 0.5) is 4.79 Å². The fourth-order valence-electron chi connectivity index (χ4n) is 7.37. The van der Waals surface area contributed by atoms with Gasteiger partial charge in [0.2, 0.25) is 5.96 Å². The maximum Gasteiger partial charge on any atom is 0.407 e. The number of amides is 1. The van der Waals surface area contributed by atoms with Crippen molar-refractivity contribution in [2.75, 3.05) is 20.3 Å². The SMILES string of the molecule is C.COc1ccc(COC(=O)[C@@H](CCCN=C(N)NS(=O)(=O)c2c(C)c(C)c3c(c2C)CC(C)(C)O3)NC(=O)OCC2c3ccccc3-c3ccccc32)cc1. The molecular formula is C43H52N4O8S. The van der Waals surface area contributed by atoms with E-state index in [-0.39, 0.29) is 56.8 Å². The number of benzene rings is 4. The van der Waals surface area contributed by atoms with Crippen LogP contribution in [0.5, 0.6) is 11.5 Å². The molecule has 1 heterocycles. The van der Waals surface area contributed by atoms with Gasteiger partial charge in [0.15, 0.2) is 0 Å². The quantitative estimate of drug-likeness (QED) is 0.0560. The Hall–Kier alpha value is -5.56. The lowest BCUT2D eigenvalue weighted by Crippen LogP contribution is -2.42. The van der Waals surface area contributed by atoms with Crippen LogP contribution in [0, 0.1) is 20.8 Å². The molecule has 4 aromatic carbocycles. The number of ether oxygens (including phenoxy) is 4. The molecular weight excluding hydrogens is 733 g/mol. The number of methoxy groups -OCH3 is 1. The van der Waals surface area contributed by atoms with E-state index in [9.17, 15) is 18.0 Å². The van der Waals surface area contributed by atoms with Crippen molar-refractivity contribution in [1.29, 1.82) is 0 Å². The van der Waals surface area contributed by atoms with Gasteiger partial charge in [-0.1, -0.05) is 68.1 Å². The van der Waals surface area contributed by atoms with Gasteiger partial charge in [0.05, 0.1) is 12.0 Å². The van der Waals surface area contributed by atoms with Crippen molar-refractivity contribution in [3.05, 3.63) is 112 Å². The molecule has 1 amide bonds. The lowest BCUT2D eigenvalue weighted by molar-refractivity contribution is -0.147. The number of nitrogens with one attached hydrogen (secondary N) is 2. The van der Waals surface area contributed by atoms with E-state index in [1.165, 1.54) is 0 Å². The summed E-state index contributed by atoms with van der Waals surface area (Å²) in [7, 11) is -2.53. The Morgan fingerprint density at radius 3 is 2.18 bits per heavy atom. The maximum atomic E-state index is 13.6. The number of guanidine groups is 1. The average Bonchev–Trinajstić information content (AvgIpc) is 3.67. The first-order valence-corrected chi connectivity index (χ1v) is 19.7. The van der Waals surface area contributed by atoms with Crippen LogP contribution in [0.1, 0.15) is 79.0 Å². The van der Waals surface area contributed by atoms with Crippen LogP contribution in [-0.4, -0.2) is 58.3 Å². The van der Waals surface area contributed by atoms with Gasteiger partial charge in [0.1, 0.15) is 36.4 Å². The second-order valence-electron chi connectivity index (χ2n) is 14.5. The zero-order chi connectivity index (χ0) is 39.5. The van der Waals surface area contributed by atoms with Crippen LogP contribution < -0.4 is 25.2 Å². The molecule has 4 aromatic rings. The van der Waals surface area contributed by atoms with Crippen LogP contribution in [0.25, 0.3) is 11.1 Å². The third-order valence-electron chi connectivity index (χ3n) is 10.2. The molecule has 0 fully saturated rings. The lowest BCUT2D eigenvalue weighted by atomic mass is 9.94. The number of alkyl carbamates (subject to hydrolysis) is 1. The highest BCUT2D eigenvalue weighted by Gasteiger charge is 2.37. The summed E-state index contributed by atoms with van der Waals surface area (Å²) in [6.45, 7) is 9.41. The molecule has 298 valence electrons. The van der Waals surface area contributed by atoms with Crippen LogP contribution in [0.15, 0.2) is 82.7 Å². The summed E-state index contributed by atoms with van der Waals surface area (Å²) < 4.78 is 52.3. The first-order valence-electron chi connectivity index (χ1n) is 18.2. The number of carbonyl (C=O) groups excluding carboxylic acids is 2. The first kappa shape index (κ1) is 41.6. The summed E-state index contributed by atoms with van der Waals surface area (Å²) in [6.07, 6.45) is 0.187. The van der Waals surface area contributed by atoms with E-state index < -0.39 is 33.7 Å². The summed E-state index contributed by atoms with van der Waals surface area (Å²) >= 11 is 0. The third-order valence-corrected chi connectivity index (χ3v) is 11.8. The lowest BCUT2D eigenvalue weighted by Gasteiger charge is -2.19. The molecule has 0 saturated carbocycles. The van der Waals surface area contributed by atoms with Gasteiger partial charge in [-0.05, 0) is 104 Å². The number of rotatable bonds is 13. The Labute approximate surface area is 329 Å². The number of esters is 1. The van der Waals surface area contributed by atoms with Crippen molar-refractivity contribution in [3.63, 3.8) is 0 Å². The number of sulfonamides is 1. The Morgan fingerprint density at radius 2 is 1.55 bits per heavy atom. The van der Waals surface area contributed by atoms with E-state index in [1.807, 2.05) is 57.2 Å². The molecule has 2 aliphatic rings. The number of nitrogens with zero attached hydrogens (tertiary/aromatic N) is 1. The molecule has 0 unspecified atom stereocenters. The molecule has 0 bridgehead atoms. The summed E-state index contributed by atoms with van der Waals surface area (Å²) in [6, 6.07) is 22.0. The van der Waals surface area contributed by atoms with Crippen LogP contribution in [0.2, 0.25) is 0 Å². The average molecular weight is 785 g/mol. The number of carbonyl (C=O) groups is 2. The van der Waals surface area contributed by atoms with Gasteiger partial charge in [0.25, 0.3) is 10.0 Å². The molecule has 0 saturated heterocycles. The summed E-state index contributed by atoms with van der Waals surface area (Å²) in [5.74, 6) is 0.277.